The highest BCUT2D eigenvalue weighted by Crippen LogP contribution is 2.15. The van der Waals surface area contributed by atoms with Gasteiger partial charge in [-0.2, -0.15) is 0 Å². The molecule has 0 heterocycles. The van der Waals surface area contributed by atoms with Crippen molar-refractivity contribution < 1.29 is 9.90 Å². The van der Waals surface area contributed by atoms with Crippen molar-refractivity contribution in [1.29, 1.82) is 0 Å². The van der Waals surface area contributed by atoms with E-state index in [1.165, 1.54) is 4.90 Å². The van der Waals surface area contributed by atoms with E-state index in [-0.39, 0.29) is 6.54 Å². The van der Waals surface area contributed by atoms with Crippen molar-refractivity contribution in [2.45, 2.75) is 11.4 Å². The molecule has 0 bridgehead atoms. The number of aliphatic carboxylic acids is 1. The van der Waals surface area contributed by atoms with Crippen LogP contribution in [0.1, 0.15) is 5.56 Å². The Morgan fingerprint density at radius 1 is 1.47 bits per heavy atom. The Hall–Kier alpha value is -1.26. The van der Waals surface area contributed by atoms with Crippen LogP contribution in [-0.2, 0) is 11.3 Å². The van der Waals surface area contributed by atoms with Gasteiger partial charge in [-0.05, 0) is 24.0 Å². The number of rotatable bonds is 7. The molecule has 0 spiro atoms. The maximum Gasteiger partial charge on any atom is 0.317 e. The lowest BCUT2D eigenvalue weighted by molar-refractivity contribution is -0.138. The zero-order valence-electron chi connectivity index (χ0n) is 9.93. The summed E-state index contributed by atoms with van der Waals surface area (Å²) in [6.45, 7) is 4.89. The van der Waals surface area contributed by atoms with Crippen molar-refractivity contribution in [2.75, 3.05) is 19.3 Å². The standard InChI is InChI=1S/C13H17NO2S/c1-3-8-14(10-13(15)16)9-11-4-6-12(17-2)7-5-11/h3-7H,1,8-10H2,2H3,(H,15,16). The van der Waals surface area contributed by atoms with E-state index in [1.807, 2.05) is 35.4 Å². The second-order valence-electron chi connectivity index (χ2n) is 3.70. The fourth-order valence-electron chi connectivity index (χ4n) is 1.55. The molecule has 0 aliphatic carbocycles. The zero-order chi connectivity index (χ0) is 12.7. The quantitative estimate of drug-likeness (QED) is 0.597. The highest BCUT2D eigenvalue weighted by Gasteiger charge is 2.08. The Bertz CT molecular complexity index is 376. The Morgan fingerprint density at radius 3 is 2.59 bits per heavy atom. The van der Waals surface area contributed by atoms with E-state index in [4.69, 9.17) is 5.11 Å². The number of carbonyl (C=O) groups is 1. The molecule has 0 amide bonds. The molecule has 3 nitrogen and oxygen atoms in total. The molecule has 0 unspecified atom stereocenters. The minimum Gasteiger partial charge on any atom is -0.480 e. The zero-order valence-corrected chi connectivity index (χ0v) is 10.7. The topological polar surface area (TPSA) is 40.5 Å². The summed E-state index contributed by atoms with van der Waals surface area (Å²) in [4.78, 5) is 13.7. The average Bonchev–Trinajstić information content (AvgIpc) is 2.29. The van der Waals surface area contributed by atoms with Crippen LogP contribution in [0.5, 0.6) is 0 Å². The summed E-state index contributed by atoms with van der Waals surface area (Å²) in [6, 6.07) is 8.16. The van der Waals surface area contributed by atoms with Gasteiger partial charge in [0.2, 0.25) is 0 Å². The Morgan fingerprint density at radius 2 is 2.12 bits per heavy atom. The minimum atomic E-state index is -0.812. The number of benzene rings is 1. The van der Waals surface area contributed by atoms with Crippen LogP contribution in [0.15, 0.2) is 41.8 Å². The van der Waals surface area contributed by atoms with Crippen LogP contribution in [-0.4, -0.2) is 35.3 Å². The van der Waals surface area contributed by atoms with E-state index < -0.39 is 5.97 Å². The summed E-state index contributed by atoms with van der Waals surface area (Å²) in [7, 11) is 0. The van der Waals surface area contributed by atoms with Crippen LogP contribution >= 0.6 is 11.8 Å². The lowest BCUT2D eigenvalue weighted by Crippen LogP contribution is -2.29. The second kappa shape index (κ2) is 7.14. The molecule has 4 heteroatoms. The molecule has 0 atom stereocenters. The lowest BCUT2D eigenvalue weighted by atomic mass is 10.2. The van der Waals surface area contributed by atoms with Gasteiger partial charge in [0.05, 0.1) is 6.54 Å². The molecular weight excluding hydrogens is 234 g/mol. The Labute approximate surface area is 106 Å². The van der Waals surface area contributed by atoms with Crippen LogP contribution in [0.4, 0.5) is 0 Å². The van der Waals surface area contributed by atoms with Gasteiger partial charge in [0.15, 0.2) is 0 Å². The molecule has 0 saturated heterocycles. The number of nitrogens with zero attached hydrogens (tertiary/aromatic N) is 1. The van der Waals surface area contributed by atoms with E-state index in [1.54, 1.807) is 17.8 Å². The molecule has 0 saturated carbocycles. The van der Waals surface area contributed by atoms with Gasteiger partial charge in [0.25, 0.3) is 0 Å². The summed E-state index contributed by atoms with van der Waals surface area (Å²) in [5, 5.41) is 8.79. The molecule has 1 N–H and O–H groups in total. The van der Waals surface area contributed by atoms with E-state index in [9.17, 15) is 4.79 Å². The normalized spacial score (nSPS) is 10.5. The van der Waals surface area contributed by atoms with E-state index in [2.05, 4.69) is 6.58 Å². The van der Waals surface area contributed by atoms with Crippen molar-refractivity contribution in [3.8, 4) is 0 Å². The first-order valence-electron chi connectivity index (χ1n) is 5.33. The number of thioether (sulfide) groups is 1. The first kappa shape index (κ1) is 13.8. The fourth-order valence-corrected chi connectivity index (χ4v) is 1.96. The van der Waals surface area contributed by atoms with Gasteiger partial charge in [0.1, 0.15) is 0 Å². The minimum absolute atomic E-state index is 0.0380. The summed E-state index contributed by atoms with van der Waals surface area (Å²) in [6.07, 6.45) is 3.75. The van der Waals surface area contributed by atoms with E-state index in [0.29, 0.717) is 13.1 Å². The van der Waals surface area contributed by atoms with Crippen molar-refractivity contribution in [1.82, 2.24) is 4.90 Å². The third kappa shape index (κ3) is 5.06. The molecule has 0 aliphatic rings. The van der Waals surface area contributed by atoms with Crippen molar-refractivity contribution in [3.63, 3.8) is 0 Å². The first-order valence-corrected chi connectivity index (χ1v) is 6.56. The summed E-state index contributed by atoms with van der Waals surface area (Å²) in [5.74, 6) is -0.812. The van der Waals surface area contributed by atoms with Crippen molar-refractivity contribution in [3.05, 3.63) is 42.5 Å². The van der Waals surface area contributed by atoms with Crippen molar-refractivity contribution >= 4 is 17.7 Å². The van der Waals surface area contributed by atoms with E-state index in [0.717, 1.165) is 5.56 Å². The molecule has 1 aromatic rings. The number of hydrogen-bond acceptors (Lipinski definition) is 3. The van der Waals surface area contributed by atoms with Gasteiger partial charge in [-0.15, -0.1) is 18.3 Å². The second-order valence-corrected chi connectivity index (χ2v) is 4.58. The summed E-state index contributed by atoms with van der Waals surface area (Å²) >= 11 is 1.69. The number of carboxylic acids is 1. The molecule has 0 radical (unpaired) electrons. The number of hydrogen-bond donors (Lipinski definition) is 1. The maximum atomic E-state index is 10.7. The van der Waals surface area contributed by atoms with Crippen LogP contribution < -0.4 is 0 Å². The molecule has 0 fully saturated rings. The highest BCUT2D eigenvalue weighted by molar-refractivity contribution is 7.98. The summed E-state index contributed by atoms with van der Waals surface area (Å²) < 4.78 is 0. The van der Waals surface area contributed by atoms with Gasteiger partial charge in [-0.25, -0.2) is 0 Å². The number of carboxylic acid groups (broad SMARTS) is 1. The predicted octanol–water partition coefficient (Wildman–Crippen LogP) is 2.48. The SMILES string of the molecule is C=CCN(CC(=O)O)Cc1ccc(SC)cc1. The van der Waals surface area contributed by atoms with Gasteiger partial charge in [-0.3, -0.25) is 9.69 Å². The van der Waals surface area contributed by atoms with Crippen LogP contribution in [0.2, 0.25) is 0 Å². The van der Waals surface area contributed by atoms with Gasteiger partial charge in [0, 0.05) is 18.0 Å². The molecule has 1 aromatic carbocycles. The monoisotopic (exact) mass is 251 g/mol. The summed E-state index contributed by atoms with van der Waals surface area (Å²) in [5.41, 5.74) is 1.12. The van der Waals surface area contributed by atoms with Crippen LogP contribution in [0.25, 0.3) is 0 Å². The van der Waals surface area contributed by atoms with Crippen LogP contribution in [0, 0.1) is 0 Å². The third-order valence-electron chi connectivity index (χ3n) is 2.31. The highest BCUT2D eigenvalue weighted by atomic mass is 32.2. The molecule has 92 valence electrons. The Kier molecular flexibility index (Phi) is 5.80. The molecule has 0 aromatic heterocycles. The smallest absolute Gasteiger partial charge is 0.317 e. The van der Waals surface area contributed by atoms with Crippen LogP contribution in [0.3, 0.4) is 0 Å². The molecule has 0 aliphatic heterocycles. The third-order valence-corrected chi connectivity index (χ3v) is 3.05. The molecule has 1 rings (SSSR count). The predicted molar refractivity (Wildman–Crippen MR) is 71.3 cm³/mol. The Balaban J connectivity index is 2.64. The maximum absolute atomic E-state index is 10.7. The van der Waals surface area contributed by atoms with Gasteiger partial charge >= 0.3 is 5.97 Å². The van der Waals surface area contributed by atoms with Crippen molar-refractivity contribution in [2.24, 2.45) is 0 Å². The lowest BCUT2D eigenvalue weighted by Gasteiger charge is -2.18. The molecular formula is C13H17NO2S. The van der Waals surface area contributed by atoms with E-state index >= 15 is 0 Å². The fraction of sp³-hybridized carbons (Fsp3) is 0.308. The van der Waals surface area contributed by atoms with Gasteiger partial charge in [-0.1, -0.05) is 18.2 Å². The van der Waals surface area contributed by atoms with Gasteiger partial charge < -0.3 is 5.11 Å². The largest absolute Gasteiger partial charge is 0.480 e. The molecule has 17 heavy (non-hydrogen) atoms. The average molecular weight is 251 g/mol. The first-order chi connectivity index (χ1) is 8.15.